The van der Waals surface area contributed by atoms with E-state index in [-0.39, 0.29) is 0 Å². The molecule has 1 N–H and O–H groups in total. The molecule has 0 radical (unpaired) electrons. The molecule has 1 aliphatic carbocycles. The van der Waals surface area contributed by atoms with Crippen molar-refractivity contribution in [3.63, 3.8) is 0 Å². The Morgan fingerprint density at radius 2 is 1.76 bits per heavy atom. The number of piperazine rings is 1. The smallest absolute Gasteiger partial charge is 0.0704 e. The summed E-state index contributed by atoms with van der Waals surface area (Å²) in [5.74, 6) is 0. The number of rotatable bonds is 5. The Balaban J connectivity index is 1.63. The van der Waals surface area contributed by atoms with Crippen LogP contribution in [-0.2, 0) is 9.47 Å². The zero-order chi connectivity index (χ0) is 11.9. The normalized spacial score (nSPS) is 31.6. The fourth-order valence-electron chi connectivity index (χ4n) is 2.92. The Hall–Kier alpha value is -0.160. The van der Waals surface area contributed by atoms with E-state index in [1.165, 1.54) is 38.8 Å². The van der Waals surface area contributed by atoms with Crippen LogP contribution in [0.4, 0.5) is 0 Å². The second kappa shape index (κ2) is 7.31. The predicted molar refractivity (Wildman–Crippen MR) is 68.3 cm³/mol. The monoisotopic (exact) mass is 242 g/mol. The van der Waals surface area contributed by atoms with Crippen molar-refractivity contribution in [3.8, 4) is 0 Å². The lowest BCUT2D eigenvalue weighted by molar-refractivity contribution is -0.0153. The van der Waals surface area contributed by atoms with Gasteiger partial charge in [0.15, 0.2) is 0 Å². The summed E-state index contributed by atoms with van der Waals surface area (Å²) in [4.78, 5) is 2.65. The van der Waals surface area contributed by atoms with Crippen molar-refractivity contribution >= 4 is 0 Å². The summed E-state index contributed by atoms with van der Waals surface area (Å²) < 4.78 is 10.8. The quantitative estimate of drug-likeness (QED) is 0.725. The van der Waals surface area contributed by atoms with Gasteiger partial charge in [-0.15, -0.1) is 0 Å². The highest BCUT2D eigenvalue weighted by atomic mass is 16.5. The van der Waals surface area contributed by atoms with Crippen LogP contribution in [-0.4, -0.2) is 63.5 Å². The second-order valence-corrected chi connectivity index (χ2v) is 5.08. The first kappa shape index (κ1) is 13.3. The highest BCUT2D eigenvalue weighted by Crippen LogP contribution is 2.25. The largest absolute Gasteiger partial charge is 0.382 e. The van der Waals surface area contributed by atoms with Crippen LogP contribution >= 0.6 is 0 Å². The average molecular weight is 242 g/mol. The van der Waals surface area contributed by atoms with Gasteiger partial charge < -0.3 is 14.8 Å². The van der Waals surface area contributed by atoms with Crippen LogP contribution in [0.1, 0.15) is 25.7 Å². The van der Waals surface area contributed by atoms with Gasteiger partial charge in [-0.25, -0.2) is 0 Å². The molecule has 1 heterocycles. The fourth-order valence-corrected chi connectivity index (χ4v) is 2.92. The van der Waals surface area contributed by atoms with Gasteiger partial charge in [0, 0.05) is 39.3 Å². The van der Waals surface area contributed by atoms with Crippen molar-refractivity contribution in [3.05, 3.63) is 0 Å². The molecule has 2 fully saturated rings. The molecular weight excluding hydrogens is 216 g/mol. The lowest BCUT2D eigenvalue weighted by atomic mass is 9.91. The van der Waals surface area contributed by atoms with Crippen molar-refractivity contribution in [1.29, 1.82) is 0 Å². The molecule has 4 nitrogen and oxygen atoms in total. The predicted octanol–water partition coefficient (Wildman–Crippen LogP) is 0.866. The first-order valence-corrected chi connectivity index (χ1v) is 6.95. The van der Waals surface area contributed by atoms with Crippen LogP contribution in [0.25, 0.3) is 0 Å². The van der Waals surface area contributed by atoms with Crippen LogP contribution in [0.15, 0.2) is 0 Å². The molecule has 1 aliphatic heterocycles. The van der Waals surface area contributed by atoms with E-state index in [1.807, 2.05) is 0 Å². The summed E-state index contributed by atoms with van der Waals surface area (Å²) in [6, 6.07) is 0.805. The summed E-state index contributed by atoms with van der Waals surface area (Å²) in [7, 11) is 1.73. The SMILES string of the molecule is COCCOC1CCC(N2CCNCC2)CC1. The number of hydrogen-bond donors (Lipinski definition) is 1. The zero-order valence-electron chi connectivity index (χ0n) is 11.0. The van der Waals surface area contributed by atoms with Gasteiger partial charge in [-0.05, 0) is 25.7 Å². The number of methoxy groups -OCH3 is 1. The Morgan fingerprint density at radius 1 is 1.06 bits per heavy atom. The first-order valence-electron chi connectivity index (χ1n) is 6.95. The lowest BCUT2D eigenvalue weighted by Gasteiger charge is -2.39. The number of ether oxygens (including phenoxy) is 2. The summed E-state index contributed by atoms with van der Waals surface area (Å²) >= 11 is 0. The van der Waals surface area contributed by atoms with Gasteiger partial charge in [0.2, 0.25) is 0 Å². The molecule has 0 spiro atoms. The minimum absolute atomic E-state index is 0.476. The van der Waals surface area contributed by atoms with E-state index in [1.54, 1.807) is 7.11 Å². The average Bonchev–Trinajstić information content (AvgIpc) is 2.41. The van der Waals surface area contributed by atoms with Crippen molar-refractivity contribution < 1.29 is 9.47 Å². The second-order valence-electron chi connectivity index (χ2n) is 5.08. The lowest BCUT2D eigenvalue weighted by Crippen LogP contribution is -2.49. The Morgan fingerprint density at radius 3 is 2.41 bits per heavy atom. The van der Waals surface area contributed by atoms with Crippen LogP contribution < -0.4 is 5.32 Å². The fraction of sp³-hybridized carbons (Fsp3) is 1.00. The molecule has 0 unspecified atom stereocenters. The van der Waals surface area contributed by atoms with Crippen LogP contribution in [0.5, 0.6) is 0 Å². The van der Waals surface area contributed by atoms with Crippen LogP contribution in [0.3, 0.4) is 0 Å². The van der Waals surface area contributed by atoms with Gasteiger partial charge in [0.1, 0.15) is 0 Å². The van der Waals surface area contributed by atoms with Gasteiger partial charge in [-0.2, -0.15) is 0 Å². The molecule has 0 aromatic rings. The third kappa shape index (κ3) is 4.21. The van der Waals surface area contributed by atoms with E-state index < -0.39 is 0 Å². The zero-order valence-corrected chi connectivity index (χ0v) is 11.0. The summed E-state index contributed by atoms with van der Waals surface area (Å²) in [5.41, 5.74) is 0. The molecule has 0 aromatic carbocycles. The molecule has 0 atom stereocenters. The maximum Gasteiger partial charge on any atom is 0.0704 e. The van der Waals surface area contributed by atoms with E-state index >= 15 is 0 Å². The summed E-state index contributed by atoms with van der Waals surface area (Å²) in [6.45, 7) is 6.23. The van der Waals surface area contributed by atoms with E-state index in [0.29, 0.717) is 6.10 Å². The maximum atomic E-state index is 5.80. The van der Waals surface area contributed by atoms with Crippen molar-refractivity contribution in [2.45, 2.75) is 37.8 Å². The highest BCUT2D eigenvalue weighted by molar-refractivity contribution is 4.82. The Kier molecular flexibility index (Phi) is 5.71. The number of hydrogen-bond acceptors (Lipinski definition) is 4. The van der Waals surface area contributed by atoms with Gasteiger partial charge in [0.05, 0.1) is 19.3 Å². The van der Waals surface area contributed by atoms with E-state index in [2.05, 4.69) is 10.2 Å². The molecule has 0 bridgehead atoms. The number of nitrogens with one attached hydrogen (secondary N) is 1. The molecule has 100 valence electrons. The van der Waals surface area contributed by atoms with Gasteiger partial charge in [0.25, 0.3) is 0 Å². The van der Waals surface area contributed by atoms with E-state index in [4.69, 9.17) is 9.47 Å². The van der Waals surface area contributed by atoms with E-state index in [9.17, 15) is 0 Å². The molecule has 1 saturated carbocycles. The third-order valence-corrected chi connectivity index (χ3v) is 3.95. The van der Waals surface area contributed by atoms with Gasteiger partial charge in [-0.3, -0.25) is 4.90 Å². The van der Waals surface area contributed by atoms with Crippen molar-refractivity contribution in [2.75, 3.05) is 46.5 Å². The van der Waals surface area contributed by atoms with Crippen molar-refractivity contribution in [1.82, 2.24) is 10.2 Å². The van der Waals surface area contributed by atoms with Crippen molar-refractivity contribution in [2.24, 2.45) is 0 Å². The minimum Gasteiger partial charge on any atom is -0.382 e. The molecule has 2 aliphatic rings. The minimum atomic E-state index is 0.476. The standard InChI is InChI=1S/C13H26N2O2/c1-16-10-11-17-13-4-2-12(3-5-13)15-8-6-14-7-9-15/h12-14H,2-11H2,1H3. The Bertz CT molecular complexity index is 200. The molecule has 0 aromatic heterocycles. The molecule has 2 rings (SSSR count). The third-order valence-electron chi connectivity index (χ3n) is 3.95. The maximum absolute atomic E-state index is 5.80. The molecule has 1 saturated heterocycles. The summed E-state index contributed by atoms with van der Waals surface area (Å²) in [6.07, 6.45) is 5.52. The number of nitrogens with zero attached hydrogens (tertiary/aromatic N) is 1. The van der Waals surface area contributed by atoms with Crippen LogP contribution in [0.2, 0.25) is 0 Å². The molecule has 4 heteroatoms. The molecular formula is C13H26N2O2. The van der Waals surface area contributed by atoms with Gasteiger partial charge >= 0.3 is 0 Å². The van der Waals surface area contributed by atoms with Gasteiger partial charge in [-0.1, -0.05) is 0 Å². The first-order chi connectivity index (χ1) is 8.40. The van der Waals surface area contributed by atoms with Crippen LogP contribution in [0, 0.1) is 0 Å². The molecule has 17 heavy (non-hydrogen) atoms. The Labute approximate surface area is 105 Å². The highest BCUT2D eigenvalue weighted by Gasteiger charge is 2.26. The van der Waals surface area contributed by atoms with E-state index in [0.717, 1.165) is 32.3 Å². The molecule has 0 amide bonds. The summed E-state index contributed by atoms with van der Waals surface area (Å²) in [5, 5.41) is 3.42. The topological polar surface area (TPSA) is 33.7 Å².